The van der Waals surface area contributed by atoms with Crippen molar-refractivity contribution in [1.29, 1.82) is 0 Å². The Morgan fingerprint density at radius 3 is 2.35 bits per heavy atom. The van der Waals surface area contributed by atoms with Crippen LogP contribution >= 0.6 is 114 Å². The summed E-state index contributed by atoms with van der Waals surface area (Å²) in [7, 11) is 0. The van der Waals surface area contributed by atoms with Crippen LogP contribution in [0.2, 0.25) is 0 Å². The molecule has 0 radical (unpaired) electrons. The second kappa shape index (κ2) is 9.84. The standard InChI is InChI=1S/C11H17I5O4/c1-3-4-7(2)8-10(5-12,20-16)9(19-15)11(13,18-8)6-17-14/h7-9H,3-6H2,1-2H3/t7?,8?,9-,10-,11+/m0/s1. The smallest absolute Gasteiger partial charge is 0.173 e. The first-order valence-corrected chi connectivity index (χ1v) is 11.4. The largest absolute Gasteiger partial charge is 0.353 e. The quantitative estimate of drug-likeness (QED) is 0.236. The number of rotatable bonds is 8. The molecule has 0 spiro atoms. The molecule has 0 N–H and O–H groups in total. The summed E-state index contributed by atoms with van der Waals surface area (Å²) in [6.07, 6.45) is 2.06. The van der Waals surface area contributed by atoms with Crippen molar-refractivity contribution in [1.82, 2.24) is 0 Å². The molecular weight excluding hydrogens is 831 g/mol. The molecule has 0 bridgehead atoms. The SMILES string of the molecule is CCCC(C)C1O[C@](I)(COI)[C@@H](OI)[C@@]1(CI)OI. The molecule has 1 aliphatic rings. The van der Waals surface area contributed by atoms with Gasteiger partial charge in [-0.25, -0.2) is 0 Å². The van der Waals surface area contributed by atoms with E-state index >= 15 is 0 Å². The number of alkyl halides is 2. The Bertz CT molecular complexity index is 305. The fraction of sp³-hybridized carbons (Fsp3) is 1.00. The van der Waals surface area contributed by atoms with Gasteiger partial charge in [-0.2, -0.15) is 0 Å². The first-order valence-electron chi connectivity index (χ1n) is 6.19. The molecule has 0 amide bonds. The summed E-state index contributed by atoms with van der Waals surface area (Å²) in [5.41, 5.74) is -0.451. The molecule has 1 heterocycles. The zero-order valence-electron chi connectivity index (χ0n) is 11.1. The van der Waals surface area contributed by atoms with Crippen LogP contribution in [-0.2, 0) is 13.9 Å². The molecule has 9 heteroatoms. The van der Waals surface area contributed by atoms with E-state index in [2.05, 4.69) is 59.0 Å². The minimum Gasteiger partial charge on any atom is -0.353 e. The van der Waals surface area contributed by atoms with E-state index < -0.39 is 9.21 Å². The molecule has 0 aromatic heterocycles. The third-order valence-corrected chi connectivity index (χ3v) is 7.56. The minimum absolute atomic E-state index is 0.000494. The molecule has 4 nitrogen and oxygen atoms in total. The summed E-state index contributed by atoms with van der Waals surface area (Å²) in [6.45, 7) is 4.89. The topological polar surface area (TPSA) is 36.9 Å². The van der Waals surface area contributed by atoms with E-state index in [0.717, 1.165) is 17.3 Å². The maximum absolute atomic E-state index is 6.40. The Balaban J connectivity index is 3.16. The van der Waals surface area contributed by atoms with Crippen molar-refractivity contribution < 1.29 is 13.9 Å². The highest BCUT2D eigenvalue weighted by Gasteiger charge is 2.66. The van der Waals surface area contributed by atoms with Crippen LogP contribution in [0.15, 0.2) is 0 Å². The molecular formula is C11H17I5O4. The van der Waals surface area contributed by atoms with Crippen LogP contribution in [0.3, 0.4) is 0 Å². The van der Waals surface area contributed by atoms with Gasteiger partial charge in [0.05, 0.1) is 6.10 Å². The Labute approximate surface area is 190 Å². The van der Waals surface area contributed by atoms with E-state index in [4.69, 9.17) is 13.9 Å². The van der Waals surface area contributed by atoms with Gasteiger partial charge in [-0.1, -0.05) is 42.9 Å². The van der Waals surface area contributed by atoms with Crippen LogP contribution in [0, 0.1) is 5.92 Å². The fourth-order valence-corrected chi connectivity index (χ4v) is 8.36. The first-order chi connectivity index (χ1) is 9.45. The van der Waals surface area contributed by atoms with Crippen molar-refractivity contribution in [3.05, 3.63) is 0 Å². The molecule has 5 atom stereocenters. The highest BCUT2D eigenvalue weighted by molar-refractivity contribution is 14.1. The minimum atomic E-state index is -0.525. The monoisotopic (exact) mass is 848 g/mol. The third kappa shape index (κ3) is 4.36. The van der Waals surface area contributed by atoms with E-state index in [1.807, 2.05) is 69.0 Å². The van der Waals surface area contributed by atoms with Gasteiger partial charge in [-0.3, -0.25) is 0 Å². The molecule has 0 saturated carbocycles. The van der Waals surface area contributed by atoms with Crippen molar-refractivity contribution in [2.24, 2.45) is 5.92 Å². The summed E-state index contributed by atoms with van der Waals surface area (Å²) in [5, 5.41) is 0. The van der Waals surface area contributed by atoms with Gasteiger partial charge in [0.2, 0.25) is 0 Å². The molecule has 2 unspecified atom stereocenters. The lowest BCUT2D eigenvalue weighted by molar-refractivity contribution is -0.0488. The van der Waals surface area contributed by atoms with Crippen LogP contribution in [-0.4, -0.2) is 32.5 Å². The van der Waals surface area contributed by atoms with Gasteiger partial charge in [0, 0.05) is 4.43 Å². The molecule has 0 aromatic carbocycles. The van der Waals surface area contributed by atoms with Gasteiger partial charge >= 0.3 is 0 Å². The van der Waals surface area contributed by atoms with Crippen LogP contribution in [0.25, 0.3) is 0 Å². The number of hydrogen-bond acceptors (Lipinski definition) is 4. The Morgan fingerprint density at radius 1 is 1.30 bits per heavy atom. The lowest BCUT2D eigenvalue weighted by Gasteiger charge is -2.36. The van der Waals surface area contributed by atoms with Gasteiger partial charge in [-0.05, 0) is 34.9 Å². The van der Waals surface area contributed by atoms with Crippen molar-refractivity contribution in [2.45, 2.75) is 48.1 Å². The number of ether oxygens (including phenoxy) is 1. The fourth-order valence-electron chi connectivity index (χ4n) is 2.67. The van der Waals surface area contributed by atoms with Crippen LogP contribution < -0.4 is 0 Å². The summed E-state index contributed by atoms with van der Waals surface area (Å²) in [4.78, 5) is 0. The van der Waals surface area contributed by atoms with Gasteiger partial charge in [-0.15, -0.1) is 0 Å². The molecule has 1 rings (SSSR count). The Hall–Kier alpha value is 3.49. The van der Waals surface area contributed by atoms with Crippen molar-refractivity contribution in [2.75, 3.05) is 11.0 Å². The van der Waals surface area contributed by atoms with Crippen LogP contribution in [0.5, 0.6) is 0 Å². The van der Waals surface area contributed by atoms with E-state index in [-0.39, 0.29) is 12.2 Å². The molecule has 20 heavy (non-hydrogen) atoms. The highest BCUT2D eigenvalue weighted by atomic mass is 127. The zero-order chi connectivity index (χ0) is 15.4. The van der Waals surface area contributed by atoms with Crippen LogP contribution in [0.4, 0.5) is 0 Å². The zero-order valence-corrected chi connectivity index (χ0v) is 21.9. The first kappa shape index (κ1) is 21.5. The van der Waals surface area contributed by atoms with Crippen molar-refractivity contribution >= 4 is 114 Å². The lowest BCUT2D eigenvalue weighted by atomic mass is 9.84. The lowest BCUT2D eigenvalue weighted by Crippen LogP contribution is -2.54. The molecule has 120 valence electrons. The summed E-state index contributed by atoms with van der Waals surface area (Å²) < 4.78 is 23.7. The maximum atomic E-state index is 6.40. The van der Waals surface area contributed by atoms with E-state index in [1.54, 1.807) is 0 Å². The Morgan fingerprint density at radius 2 is 1.95 bits per heavy atom. The molecule has 1 aliphatic heterocycles. The third-order valence-electron chi connectivity index (χ3n) is 3.59. The van der Waals surface area contributed by atoms with E-state index in [1.165, 1.54) is 0 Å². The molecule has 1 saturated heterocycles. The molecule has 0 aliphatic carbocycles. The maximum Gasteiger partial charge on any atom is 0.173 e. The van der Waals surface area contributed by atoms with Crippen molar-refractivity contribution in [3.8, 4) is 0 Å². The van der Waals surface area contributed by atoms with Crippen molar-refractivity contribution in [3.63, 3.8) is 0 Å². The van der Waals surface area contributed by atoms with E-state index in [0.29, 0.717) is 12.5 Å². The van der Waals surface area contributed by atoms with Gasteiger partial charge in [0.25, 0.3) is 0 Å². The second-order valence-corrected chi connectivity index (χ2v) is 9.14. The number of hydrogen-bond donors (Lipinski definition) is 0. The van der Waals surface area contributed by atoms with Gasteiger partial charge in [0.15, 0.2) is 3.61 Å². The predicted octanol–water partition coefficient (Wildman–Crippen LogP) is 5.59. The van der Waals surface area contributed by atoms with Gasteiger partial charge < -0.3 is 13.9 Å². The van der Waals surface area contributed by atoms with Crippen LogP contribution in [0.1, 0.15) is 26.7 Å². The van der Waals surface area contributed by atoms with Gasteiger partial charge in [0.1, 0.15) is 87.3 Å². The summed E-state index contributed by atoms with van der Waals surface area (Å²) >= 11 is 10.5. The normalized spacial score (nSPS) is 39.1. The second-order valence-electron chi connectivity index (χ2n) is 4.98. The average Bonchev–Trinajstić information content (AvgIpc) is 2.68. The summed E-state index contributed by atoms with van der Waals surface area (Å²) in [6, 6.07) is 0. The average molecular weight is 848 g/mol. The molecule has 0 aromatic rings. The predicted molar refractivity (Wildman–Crippen MR) is 121 cm³/mol. The van der Waals surface area contributed by atoms with E-state index in [9.17, 15) is 0 Å². The summed E-state index contributed by atoms with van der Waals surface area (Å²) in [5.74, 6) is 0.407. The molecule has 1 fully saturated rings. The number of halogens is 5. The highest BCUT2D eigenvalue weighted by Crippen LogP contribution is 2.52. The Kier molecular flexibility index (Phi) is 10.6.